The molecule has 0 aromatic rings. The van der Waals surface area contributed by atoms with E-state index >= 15 is 0 Å². The average Bonchev–Trinajstić information content (AvgIpc) is 2.30. The first-order chi connectivity index (χ1) is 8.22. The zero-order chi connectivity index (χ0) is 12.3. The predicted octanol–water partition coefficient (Wildman–Crippen LogP) is 2.53. The molecule has 4 heteroatoms. The minimum absolute atomic E-state index is 0.00750. The fraction of sp³-hybridized carbons (Fsp3) is 0.769. The lowest BCUT2D eigenvalue weighted by molar-refractivity contribution is -0.148. The lowest BCUT2D eigenvalue weighted by Gasteiger charge is -2.35. The molecular formula is C13H20O4. The molecule has 0 saturated heterocycles. The van der Waals surface area contributed by atoms with Crippen LogP contribution in [0.25, 0.3) is 0 Å². The molecule has 96 valence electrons. The molecule has 1 heterocycles. The second-order valence-corrected chi connectivity index (χ2v) is 4.68. The standard InChI is InChI=1S/C13H20O4/c1-9-12(13(14)15-2)17-11-8-6-4-3-5-7-10(11)16-9/h10-11H,3-8H2,1-2H3/t10-,11+/m1/s1. The molecule has 2 atom stereocenters. The molecule has 1 saturated carbocycles. The monoisotopic (exact) mass is 240 g/mol. The summed E-state index contributed by atoms with van der Waals surface area (Å²) in [5.41, 5.74) is 0. The average molecular weight is 240 g/mol. The van der Waals surface area contributed by atoms with Crippen LogP contribution < -0.4 is 0 Å². The van der Waals surface area contributed by atoms with Crippen LogP contribution in [0.3, 0.4) is 0 Å². The van der Waals surface area contributed by atoms with E-state index in [0.717, 1.165) is 19.3 Å². The van der Waals surface area contributed by atoms with Gasteiger partial charge in [-0.05, 0) is 32.6 Å². The maximum Gasteiger partial charge on any atom is 0.376 e. The van der Waals surface area contributed by atoms with Crippen molar-refractivity contribution in [1.82, 2.24) is 0 Å². The van der Waals surface area contributed by atoms with E-state index in [1.165, 1.54) is 26.4 Å². The van der Waals surface area contributed by atoms with Crippen LogP contribution in [0.2, 0.25) is 0 Å². The molecule has 2 aliphatic rings. The maximum absolute atomic E-state index is 11.5. The maximum atomic E-state index is 11.5. The molecule has 1 aliphatic heterocycles. The molecular weight excluding hydrogens is 220 g/mol. The van der Waals surface area contributed by atoms with Crippen molar-refractivity contribution in [3.63, 3.8) is 0 Å². The Morgan fingerprint density at radius 3 is 2.29 bits per heavy atom. The zero-order valence-electron chi connectivity index (χ0n) is 10.5. The molecule has 0 unspecified atom stereocenters. The van der Waals surface area contributed by atoms with Crippen molar-refractivity contribution in [2.75, 3.05) is 7.11 Å². The second-order valence-electron chi connectivity index (χ2n) is 4.68. The summed E-state index contributed by atoms with van der Waals surface area (Å²) in [6.07, 6.45) is 6.89. The number of ether oxygens (including phenoxy) is 3. The Hall–Kier alpha value is -1.19. The van der Waals surface area contributed by atoms with E-state index in [1.807, 2.05) is 0 Å². The van der Waals surface area contributed by atoms with Gasteiger partial charge in [-0.25, -0.2) is 4.79 Å². The first-order valence-corrected chi connectivity index (χ1v) is 6.35. The van der Waals surface area contributed by atoms with Gasteiger partial charge in [0.2, 0.25) is 5.76 Å². The van der Waals surface area contributed by atoms with Crippen LogP contribution in [-0.4, -0.2) is 25.3 Å². The van der Waals surface area contributed by atoms with Crippen molar-refractivity contribution >= 4 is 5.97 Å². The molecule has 0 spiro atoms. The van der Waals surface area contributed by atoms with Crippen LogP contribution in [0.15, 0.2) is 11.5 Å². The normalized spacial score (nSPS) is 29.3. The van der Waals surface area contributed by atoms with Crippen molar-refractivity contribution in [3.8, 4) is 0 Å². The van der Waals surface area contributed by atoms with E-state index in [9.17, 15) is 4.79 Å². The number of esters is 1. The highest BCUT2D eigenvalue weighted by Gasteiger charge is 2.34. The zero-order valence-corrected chi connectivity index (χ0v) is 10.5. The van der Waals surface area contributed by atoms with Crippen molar-refractivity contribution in [2.45, 2.75) is 57.7 Å². The third-order valence-corrected chi connectivity index (χ3v) is 3.43. The lowest BCUT2D eigenvalue weighted by atomic mass is 9.95. The molecule has 0 N–H and O–H groups in total. The molecule has 0 aromatic carbocycles. The number of allylic oxidation sites excluding steroid dienone is 1. The number of fused-ring (bicyclic) bond motifs is 1. The fourth-order valence-electron chi connectivity index (χ4n) is 2.49. The van der Waals surface area contributed by atoms with Crippen molar-refractivity contribution in [1.29, 1.82) is 0 Å². The first kappa shape index (κ1) is 12.3. The molecule has 0 amide bonds. The number of carbonyl (C=O) groups is 1. The quantitative estimate of drug-likeness (QED) is 0.661. The topological polar surface area (TPSA) is 44.8 Å². The van der Waals surface area contributed by atoms with Crippen molar-refractivity contribution < 1.29 is 19.0 Å². The van der Waals surface area contributed by atoms with Crippen LogP contribution in [0, 0.1) is 0 Å². The number of hydrogen-bond donors (Lipinski definition) is 0. The van der Waals surface area contributed by atoms with Gasteiger partial charge in [0.05, 0.1) is 7.11 Å². The van der Waals surface area contributed by atoms with Crippen LogP contribution >= 0.6 is 0 Å². The van der Waals surface area contributed by atoms with E-state index in [2.05, 4.69) is 0 Å². The summed E-state index contributed by atoms with van der Waals surface area (Å²) >= 11 is 0. The SMILES string of the molecule is COC(=O)C1=C(C)O[C@@H]2CCCCCC[C@@H]2O1. The van der Waals surface area contributed by atoms with Gasteiger partial charge in [-0.3, -0.25) is 0 Å². The predicted molar refractivity (Wildman–Crippen MR) is 62.2 cm³/mol. The van der Waals surface area contributed by atoms with E-state index in [0.29, 0.717) is 5.76 Å². The van der Waals surface area contributed by atoms with Gasteiger partial charge in [-0.1, -0.05) is 12.8 Å². The van der Waals surface area contributed by atoms with E-state index in [4.69, 9.17) is 14.2 Å². The highest BCUT2D eigenvalue weighted by atomic mass is 16.6. The Balaban J connectivity index is 2.11. The largest absolute Gasteiger partial charge is 0.487 e. The molecule has 1 aliphatic carbocycles. The minimum Gasteiger partial charge on any atom is -0.487 e. The molecule has 0 aromatic heterocycles. The van der Waals surface area contributed by atoms with Gasteiger partial charge in [-0.2, -0.15) is 0 Å². The first-order valence-electron chi connectivity index (χ1n) is 6.35. The van der Waals surface area contributed by atoms with Crippen molar-refractivity contribution in [3.05, 3.63) is 11.5 Å². The summed E-state index contributed by atoms with van der Waals surface area (Å²) in [4.78, 5) is 11.5. The highest BCUT2D eigenvalue weighted by molar-refractivity contribution is 5.86. The number of hydrogen-bond acceptors (Lipinski definition) is 4. The summed E-state index contributed by atoms with van der Waals surface area (Å²) in [6.45, 7) is 1.77. The Labute approximate surface area is 102 Å². The number of methoxy groups -OCH3 is 1. The van der Waals surface area contributed by atoms with E-state index < -0.39 is 5.97 Å². The van der Waals surface area contributed by atoms with E-state index in [1.54, 1.807) is 6.92 Å². The molecule has 17 heavy (non-hydrogen) atoms. The summed E-state index contributed by atoms with van der Waals surface area (Å²) in [7, 11) is 1.36. The van der Waals surface area contributed by atoms with Gasteiger partial charge in [-0.15, -0.1) is 0 Å². The van der Waals surface area contributed by atoms with Crippen LogP contribution in [0.4, 0.5) is 0 Å². The number of rotatable bonds is 1. The van der Waals surface area contributed by atoms with Gasteiger partial charge in [0.15, 0.2) is 0 Å². The Morgan fingerprint density at radius 2 is 1.71 bits per heavy atom. The molecule has 1 fully saturated rings. The summed E-state index contributed by atoms with van der Waals surface area (Å²) in [5, 5.41) is 0. The molecule has 0 bridgehead atoms. The third-order valence-electron chi connectivity index (χ3n) is 3.43. The smallest absolute Gasteiger partial charge is 0.376 e. The summed E-state index contributed by atoms with van der Waals surface area (Å²) in [5.74, 6) is 0.357. The van der Waals surface area contributed by atoms with Gasteiger partial charge in [0.25, 0.3) is 0 Å². The second kappa shape index (κ2) is 5.43. The van der Waals surface area contributed by atoms with Gasteiger partial charge in [0, 0.05) is 0 Å². The Kier molecular flexibility index (Phi) is 3.92. The van der Waals surface area contributed by atoms with Crippen LogP contribution in [0.5, 0.6) is 0 Å². The van der Waals surface area contributed by atoms with E-state index in [-0.39, 0.29) is 18.0 Å². The minimum atomic E-state index is -0.442. The van der Waals surface area contributed by atoms with Gasteiger partial charge >= 0.3 is 5.97 Å². The summed E-state index contributed by atoms with van der Waals surface area (Å²) < 4.78 is 16.3. The third kappa shape index (κ3) is 2.73. The molecule has 0 radical (unpaired) electrons. The highest BCUT2D eigenvalue weighted by Crippen LogP contribution is 2.31. The van der Waals surface area contributed by atoms with Crippen LogP contribution in [-0.2, 0) is 19.0 Å². The molecule has 4 nitrogen and oxygen atoms in total. The fourth-order valence-corrected chi connectivity index (χ4v) is 2.49. The Morgan fingerprint density at radius 1 is 1.12 bits per heavy atom. The van der Waals surface area contributed by atoms with Crippen LogP contribution in [0.1, 0.15) is 45.4 Å². The lowest BCUT2D eigenvalue weighted by Crippen LogP contribution is -2.38. The van der Waals surface area contributed by atoms with Gasteiger partial charge in [0.1, 0.15) is 18.0 Å². The molecule has 2 rings (SSSR count). The summed E-state index contributed by atoms with van der Waals surface area (Å²) in [6, 6.07) is 0. The Bertz CT molecular complexity index is 321. The van der Waals surface area contributed by atoms with Gasteiger partial charge < -0.3 is 14.2 Å². The van der Waals surface area contributed by atoms with Crippen molar-refractivity contribution in [2.24, 2.45) is 0 Å². The number of carbonyl (C=O) groups excluding carboxylic acids is 1.